The molecule has 6 heteroatoms. The van der Waals surface area contributed by atoms with Gasteiger partial charge >= 0.3 is 5.69 Å². The van der Waals surface area contributed by atoms with Gasteiger partial charge < -0.3 is 9.84 Å². The maximum Gasteiger partial charge on any atom is 0.312 e. The number of nitrogens with zero attached hydrogens (tertiary/aromatic N) is 1. The van der Waals surface area contributed by atoms with Crippen LogP contribution >= 0.6 is 15.9 Å². The number of hydrogen-bond acceptors (Lipinski definition) is 4. The monoisotopic (exact) mass is 303 g/mol. The number of halogens is 1. The first-order valence-corrected chi connectivity index (χ1v) is 5.93. The van der Waals surface area contributed by atoms with E-state index in [1.807, 2.05) is 0 Å². The second-order valence-electron chi connectivity index (χ2n) is 3.93. The molecule has 1 unspecified atom stereocenters. The van der Waals surface area contributed by atoms with Gasteiger partial charge in [0.15, 0.2) is 5.75 Å². The van der Waals surface area contributed by atoms with Crippen LogP contribution in [0.2, 0.25) is 0 Å². The molecule has 0 aromatic heterocycles. The van der Waals surface area contributed by atoms with Crippen LogP contribution in [-0.2, 0) is 0 Å². The quantitative estimate of drug-likeness (QED) is 0.670. The highest BCUT2D eigenvalue weighted by molar-refractivity contribution is 9.10. The summed E-state index contributed by atoms with van der Waals surface area (Å²) in [4.78, 5) is 10.4. The van der Waals surface area contributed by atoms with Gasteiger partial charge in [-0.2, -0.15) is 0 Å². The summed E-state index contributed by atoms with van der Waals surface area (Å²) in [6.45, 7) is 3.79. The third kappa shape index (κ3) is 3.67. The molecule has 1 N–H and O–H groups in total. The predicted molar refractivity (Wildman–Crippen MR) is 67.3 cm³/mol. The van der Waals surface area contributed by atoms with E-state index in [-0.39, 0.29) is 30.6 Å². The van der Waals surface area contributed by atoms with Crippen molar-refractivity contribution < 1.29 is 14.8 Å². The van der Waals surface area contributed by atoms with Crippen LogP contribution in [0.4, 0.5) is 5.69 Å². The van der Waals surface area contributed by atoms with Crippen LogP contribution in [0.1, 0.15) is 12.5 Å². The maximum absolute atomic E-state index is 10.9. The third-order valence-electron chi connectivity index (χ3n) is 2.24. The minimum absolute atomic E-state index is 0.0105. The highest BCUT2D eigenvalue weighted by Crippen LogP contribution is 2.34. The average molecular weight is 304 g/mol. The largest absolute Gasteiger partial charge is 0.486 e. The van der Waals surface area contributed by atoms with Crippen molar-refractivity contribution in [2.24, 2.45) is 5.92 Å². The lowest BCUT2D eigenvalue weighted by molar-refractivity contribution is -0.386. The number of benzene rings is 1. The van der Waals surface area contributed by atoms with Crippen molar-refractivity contribution in [3.05, 3.63) is 32.3 Å². The van der Waals surface area contributed by atoms with Crippen LogP contribution in [0.5, 0.6) is 5.75 Å². The van der Waals surface area contributed by atoms with Gasteiger partial charge in [-0.3, -0.25) is 10.1 Å². The van der Waals surface area contributed by atoms with E-state index in [9.17, 15) is 10.1 Å². The third-order valence-corrected chi connectivity index (χ3v) is 2.70. The number of rotatable bonds is 5. The van der Waals surface area contributed by atoms with Gasteiger partial charge in [0.2, 0.25) is 0 Å². The first kappa shape index (κ1) is 13.9. The second kappa shape index (κ2) is 5.97. The number of ether oxygens (including phenoxy) is 1. The molecule has 0 aliphatic carbocycles. The first-order chi connectivity index (χ1) is 7.95. The van der Waals surface area contributed by atoms with E-state index in [4.69, 9.17) is 9.84 Å². The van der Waals surface area contributed by atoms with Gasteiger partial charge in [0.05, 0.1) is 11.5 Å². The van der Waals surface area contributed by atoms with E-state index in [0.29, 0.717) is 10.0 Å². The van der Waals surface area contributed by atoms with E-state index in [1.54, 1.807) is 19.9 Å². The molecular formula is C11H14BrNO4. The Morgan fingerprint density at radius 2 is 2.24 bits per heavy atom. The fourth-order valence-corrected chi connectivity index (χ4v) is 1.87. The highest BCUT2D eigenvalue weighted by Gasteiger charge is 2.19. The van der Waals surface area contributed by atoms with Crippen LogP contribution < -0.4 is 4.74 Å². The first-order valence-electron chi connectivity index (χ1n) is 5.14. The number of nitro groups is 1. The smallest absolute Gasteiger partial charge is 0.312 e. The zero-order chi connectivity index (χ0) is 13.0. The molecule has 0 aliphatic heterocycles. The molecule has 0 saturated carbocycles. The van der Waals surface area contributed by atoms with E-state index >= 15 is 0 Å². The van der Waals surface area contributed by atoms with E-state index in [0.717, 1.165) is 0 Å². The van der Waals surface area contributed by atoms with Crippen LogP contribution in [-0.4, -0.2) is 23.2 Å². The van der Waals surface area contributed by atoms with Gasteiger partial charge in [-0.15, -0.1) is 0 Å². The van der Waals surface area contributed by atoms with Gasteiger partial charge in [-0.25, -0.2) is 0 Å². The van der Waals surface area contributed by atoms with E-state index < -0.39 is 4.92 Å². The summed E-state index contributed by atoms with van der Waals surface area (Å²) in [6.07, 6.45) is 0. The Kier molecular flexibility index (Phi) is 4.89. The summed E-state index contributed by atoms with van der Waals surface area (Å²) >= 11 is 3.21. The molecule has 0 spiro atoms. The van der Waals surface area contributed by atoms with Crippen molar-refractivity contribution in [1.82, 2.24) is 0 Å². The molecule has 0 heterocycles. The summed E-state index contributed by atoms with van der Waals surface area (Å²) in [5.74, 6) is 0.205. The zero-order valence-electron chi connectivity index (χ0n) is 9.64. The van der Waals surface area contributed by atoms with Crippen LogP contribution in [0.3, 0.4) is 0 Å². The Balaban J connectivity index is 3.00. The Labute approximate surface area is 108 Å². The number of hydrogen-bond donors (Lipinski definition) is 1. The summed E-state index contributed by atoms with van der Waals surface area (Å²) in [7, 11) is 0. The number of nitro benzene ring substituents is 1. The van der Waals surface area contributed by atoms with Crippen LogP contribution in [0, 0.1) is 23.0 Å². The van der Waals surface area contributed by atoms with Crippen LogP contribution in [0.15, 0.2) is 16.6 Å². The van der Waals surface area contributed by atoms with Gasteiger partial charge in [-0.1, -0.05) is 22.9 Å². The average Bonchev–Trinajstić information content (AvgIpc) is 2.26. The minimum Gasteiger partial charge on any atom is -0.486 e. The lowest BCUT2D eigenvalue weighted by Crippen LogP contribution is -2.13. The van der Waals surface area contributed by atoms with Crippen molar-refractivity contribution in [1.29, 1.82) is 0 Å². The molecule has 17 heavy (non-hydrogen) atoms. The molecule has 94 valence electrons. The van der Waals surface area contributed by atoms with Gasteiger partial charge in [0.1, 0.15) is 0 Å². The zero-order valence-corrected chi connectivity index (χ0v) is 11.2. The fraction of sp³-hybridized carbons (Fsp3) is 0.455. The number of aliphatic hydroxyl groups excluding tert-OH is 1. The topological polar surface area (TPSA) is 72.6 Å². The molecule has 1 aromatic carbocycles. The van der Waals surface area contributed by atoms with Gasteiger partial charge in [-0.05, 0) is 18.6 Å². The highest BCUT2D eigenvalue weighted by atomic mass is 79.9. The molecule has 1 rings (SSSR count). The SMILES string of the molecule is Cc1cc(Br)cc([N+](=O)[O-])c1OCC(C)CO. The van der Waals surface area contributed by atoms with Crippen molar-refractivity contribution in [3.63, 3.8) is 0 Å². The second-order valence-corrected chi connectivity index (χ2v) is 4.84. The van der Waals surface area contributed by atoms with Crippen LogP contribution in [0.25, 0.3) is 0 Å². The Bertz CT molecular complexity index is 422. The van der Waals surface area contributed by atoms with Gasteiger partial charge in [0, 0.05) is 23.1 Å². The fourth-order valence-electron chi connectivity index (χ4n) is 1.31. The van der Waals surface area contributed by atoms with Crippen molar-refractivity contribution in [2.45, 2.75) is 13.8 Å². The van der Waals surface area contributed by atoms with E-state index in [1.165, 1.54) is 6.07 Å². The summed E-state index contributed by atoms with van der Waals surface area (Å²) in [6, 6.07) is 3.16. The van der Waals surface area contributed by atoms with Crippen molar-refractivity contribution in [2.75, 3.05) is 13.2 Å². The lowest BCUT2D eigenvalue weighted by Gasteiger charge is -2.12. The molecule has 0 radical (unpaired) electrons. The molecule has 1 aromatic rings. The molecule has 5 nitrogen and oxygen atoms in total. The molecule has 1 atom stereocenters. The van der Waals surface area contributed by atoms with Gasteiger partial charge in [0.25, 0.3) is 0 Å². The minimum atomic E-state index is -0.475. The Morgan fingerprint density at radius 3 is 2.76 bits per heavy atom. The number of aliphatic hydroxyl groups is 1. The predicted octanol–water partition coefficient (Wildman–Crippen LogP) is 2.67. The lowest BCUT2D eigenvalue weighted by atomic mass is 10.2. The molecule has 0 amide bonds. The summed E-state index contributed by atoms with van der Waals surface area (Å²) < 4.78 is 6.06. The van der Waals surface area contributed by atoms with Crippen molar-refractivity contribution in [3.8, 4) is 5.75 Å². The standard InChI is InChI=1S/C11H14BrNO4/c1-7(5-14)6-17-11-8(2)3-9(12)4-10(11)13(15)16/h3-4,7,14H,5-6H2,1-2H3. The molecule has 0 bridgehead atoms. The van der Waals surface area contributed by atoms with Crippen molar-refractivity contribution >= 4 is 21.6 Å². The summed E-state index contributed by atoms with van der Waals surface area (Å²) in [5, 5.41) is 19.8. The summed E-state index contributed by atoms with van der Waals surface area (Å²) in [5.41, 5.74) is 0.623. The van der Waals surface area contributed by atoms with E-state index in [2.05, 4.69) is 15.9 Å². The molecule has 0 saturated heterocycles. The molecular weight excluding hydrogens is 290 g/mol. The normalized spacial score (nSPS) is 12.2. The molecule has 0 fully saturated rings. The molecule has 0 aliphatic rings. The Morgan fingerprint density at radius 1 is 1.59 bits per heavy atom. The maximum atomic E-state index is 10.9. The Hall–Kier alpha value is -1.14. The number of aryl methyl sites for hydroxylation is 1.